The normalized spacial score (nSPS) is 10.7. The van der Waals surface area contributed by atoms with Gasteiger partial charge in [0.2, 0.25) is 0 Å². The Bertz CT molecular complexity index is 624. The van der Waals surface area contributed by atoms with Crippen LogP contribution in [0.5, 0.6) is 0 Å². The number of hydrogen-bond acceptors (Lipinski definition) is 4. The van der Waals surface area contributed by atoms with Crippen molar-refractivity contribution in [3.05, 3.63) is 50.5 Å². The minimum absolute atomic E-state index is 0.0936. The van der Waals surface area contributed by atoms with E-state index in [0.717, 1.165) is 11.5 Å². The third-order valence-corrected chi connectivity index (χ3v) is 3.44. The molecule has 1 aromatic carbocycles. The molecule has 0 atom stereocenters. The summed E-state index contributed by atoms with van der Waals surface area (Å²) >= 11 is 3.37. The third-order valence-electron chi connectivity index (χ3n) is 2.81. The van der Waals surface area contributed by atoms with Crippen LogP contribution < -0.4 is 5.73 Å². The van der Waals surface area contributed by atoms with Crippen molar-refractivity contribution in [1.82, 2.24) is 9.55 Å². The van der Waals surface area contributed by atoms with Gasteiger partial charge in [-0.15, -0.1) is 0 Å². The van der Waals surface area contributed by atoms with Gasteiger partial charge in [-0.05, 0) is 35.5 Å². The molecule has 0 aliphatic rings. The summed E-state index contributed by atoms with van der Waals surface area (Å²) in [6.07, 6.45) is 4.15. The van der Waals surface area contributed by atoms with Crippen LogP contribution in [0, 0.1) is 17.0 Å². The van der Waals surface area contributed by atoms with E-state index in [1.165, 1.54) is 6.07 Å². The zero-order valence-corrected chi connectivity index (χ0v) is 11.9. The van der Waals surface area contributed by atoms with Crippen molar-refractivity contribution in [2.24, 2.45) is 5.73 Å². The van der Waals surface area contributed by atoms with Gasteiger partial charge in [-0.2, -0.15) is 0 Å². The van der Waals surface area contributed by atoms with E-state index in [1.54, 1.807) is 19.2 Å². The van der Waals surface area contributed by atoms with Crippen LogP contribution >= 0.6 is 15.9 Å². The number of rotatable bonds is 4. The Hall–Kier alpha value is -1.73. The van der Waals surface area contributed by atoms with Crippen LogP contribution in [-0.4, -0.2) is 21.0 Å². The number of hydrogen-bond donors (Lipinski definition) is 1. The monoisotopic (exact) mass is 324 g/mol. The molecule has 0 spiro atoms. The van der Waals surface area contributed by atoms with E-state index in [9.17, 15) is 10.1 Å². The summed E-state index contributed by atoms with van der Waals surface area (Å²) in [7, 11) is 0. The van der Waals surface area contributed by atoms with Crippen molar-refractivity contribution in [2.45, 2.75) is 13.3 Å². The first kappa shape index (κ1) is 13.7. The van der Waals surface area contributed by atoms with Crippen LogP contribution in [0.2, 0.25) is 0 Å². The van der Waals surface area contributed by atoms with Crippen LogP contribution in [-0.2, 0) is 6.42 Å². The summed E-state index contributed by atoms with van der Waals surface area (Å²) in [5.74, 6) is 0.830. The van der Waals surface area contributed by atoms with Crippen molar-refractivity contribution >= 4 is 21.6 Å². The lowest BCUT2D eigenvalue weighted by atomic mass is 10.2. The minimum atomic E-state index is -0.390. The number of imidazole rings is 1. The van der Waals surface area contributed by atoms with Crippen LogP contribution in [0.3, 0.4) is 0 Å². The zero-order valence-electron chi connectivity index (χ0n) is 10.3. The number of halogens is 1. The molecule has 2 aromatic rings. The lowest BCUT2D eigenvalue weighted by Crippen LogP contribution is -2.09. The summed E-state index contributed by atoms with van der Waals surface area (Å²) in [5.41, 5.74) is 7.07. The molecule has 1 aromatic heterocycles. The Morgan fingerprint density at radius 1 is 1.53 bits per heavy atom. The molecule has 0 fully saturated rings. The van der Waals surface area contributed by atoms with Crippen LogP contribution in [0.25, 0.3) is 5.69 Å². The Morgan fingerprint density at radius 3 is 2.89 bits per heavy atom. The summed E-state index contributed by atoms with van der Waals surface area (Å²) < 4.78 is 2.54. The molecule has 6 nitrogen and oxygen atoms in total. The summed E-state index contributed by atoms with van der Waals surface area (Å²) in [4.78, 5) is 14.7. The average molecular weight is 325 g/mol. The maximum absolute atomic E-state index is 10.9. The van der Waals surface area contributed by atoms with E-state index in [1.807, 2.05) is 10.8 Å². The first-order chi connectivity index (χ1) is 9.04. The van der Waals surface area contributed by atoms with Crippen molar-refractivity contribution < 1.29 is 4.92 Å². The minimum Gasteiger partial charge on any atom is -0.330 e. The fourth-order valence-electron chi connectivity index (χ4n) is 1.90. The highest BCUT2D eigenvalue weighted by molar-refractivity contribution is 9.10. The molecule has 0 amide bonds. The molecule has 0 saturated heterocycles. The smallest absolute Gasteiger partial charge is 0.273 e. The molecular formula is C12H13BrN4O2. The quantitative estimate of drug-likeness (QED) is 0.690. The van der Waals surface area contributed by atoms with Gasteiger partial charge in [0.25, 0.3) is 5.69 Å². The standard InChI is InChI=1S/C12H13BrN4O2/c1-8-6-11(9(13)7-10(8)17(18)19)16-5-4-15-12(16)2-3-14/h4-7H,2-3,14H2,1H3. The Morgan fingerprint density at radius 2 is 2.26 bits per heavy atom. The van der Waals surface area contributed by atoms with Gasteiger partial charge in [-0.1, -0.05) is 0 Å². The number of benzene rings is 1. The first-order valence-electron chi connectivity index (χ1n) is 5.71. The van der Waals surface area contributed by atoms with Gasteiger partial charge in [0, 0.05) is 34.9 Å². The van der Waals surface area contributed by atoms with E-state index < -0.39 is 4.92 Å². The molecule has 0 aliphatic carbocycles. The molecule has 0 saturated carbocycles. The molecule has 2 rings (SSSR count). The lowest BCUT2D eigenvalue weighted by molar-refractivity contribution is -0.385. The summed E-state index contributed by atoms with van der Waals surface area (Å²) in [6.45, 7) is 2.22. The highest BCUT2D eigenvalue weighted by Crippen LogP contribution is 2.30. The van der Waals surface area contributed by atoms with Gasteiger partial charge in [0.05, 0.1) is 10.6 Å². The number of nitro groups is 1. The number of nitrogens with zero attached hydrogens (tertiary/aromatic N) is 3. The van der Waals surface area contributed by atoms with Crippen molar-refractivity contribution in [1.29, 1.82) is 0 Å². The van der Waals surface area contributed by atoms with Gasteiger partial charge >= 0.3 is 0 Å². The molecule has 100 valence electrons. The average Bonchev–Trinajstić information content (AvgIpc) is 2.80. The SMILES string of the molecule is Cc1cc(-n2ccnc2CCN)c(Br)cc1[N+](=O)[O-]. The van der Waals surface area contributed by atoms with Crippen molar-refractivity contribution in [3.63, 3.8) is 0 Å². The predicted octanol–water partition coefficient (Wildman–Crippen LogP) is 2.35. The van der Waals surface area contributed by atoms with Gasteiger partial charge in [-0.25, -0.2) is 4.98 Å². The molecule has 1 heterocycles. The topological polar surface area (TPSA) is 87.0 Å². The van der Waals surface area contributed by atoms with Gasteiger partial charge < -0.3 is 10.3 Å². The number of aromatic nitrogens is 2. The second-order valence-electron chi connectivity index (χ2n) is 4.10. The molecular weight excluding hydrogens is 312 g/mol. The number of nitro benzene ring substituents is 1. The van der Waals surface area contributed by atoms with Gasteiger partial charge in [0.1, 0.15) is 5.82 Å². The Labute approximate surface area is 118 Å². The molecule has 19 heavy (non-hydrogen) atoms. The van der Waals surface area contributed by atoms with E-state index >= 15 is 0 Å². The highest BCUT2D eigenvalue weighted by Gasteiger charge is 2.16. The first-order valence-corrected chi connectivity index (χ1v) is 6.51. The molecule has 0 unspecified atom stereocenters. The number of aryl methyl sites for hydroxylation is 1. The van der Waals surface area contributed by atoms with Gasteiger partial charge in [0.15, 0.2) is 0 Å². The highest BCUT2D eigenvalue weighted by atomic mass is 79.9. The maximum Gasteiger partial charge on any atom is 0.273 e. The lowest BCUT2D eigenvalue weighted by Gasteiger charge is -2.10. The molecule has 2 N–H and O–H groups in total. The third kappa shape index (κ3) is 2.66. The van der Waals surface area contributed by atoms with Crippen LogP contribution in [0.15, 0.2) is 29.0 Å². The second-order valence-corrected chi connectivity index (χ2v) is 4.95. The van der Waals surface area contributed by atoms with Crippen molar-refractivity contribution in [3.8, 4) is 5.69 Å². The second kappa shape index (κ2) is 5.50. The maximum atomic E-state index is 10.9. The molecule has 0 radical (unpaired) electrons. The molecule has 0 bridgehead atoms. The zero-order chi connectivity index (χ0) is 14.0. The Kier molecular flexibility index (Phi) is 3.96. The van der Waals surface area contributed by atoms with Crippen molar-refractivity contribution in [2.75, 3.05) is 6.54 Å². The fourth-order valence-corrected chi connectivity index (χ4v) is 2.43. The molecule has 7 heteroatoms. The largest absolute Gasteiger partial charge is 0.330 e. The van der Waals surface area contributed by atoms with E-state index in [-0.39, 0.29) is 5.69 Å². The summed E-state index contributed by atoms with van der Waals surface area (Å²) in [5, 5.41) is 10.9. The Balaban J connectivity index is 2.54. The van der Waals surface area contributed by atoms with E-state index in [2.05, 4.69) is 20.9 Å². The molecule has 0 aliphatic heterocycles. The predicted molar refractivity (Wildman–Crippen MR) is 75.4 cm³/mol. The van der Waals surface area contributed by atoms with E-state index in [0.29, 0.717) is 23.0 Å². The fraction of sp³-hybridized carbons (Fsp3) is 0.250. The van der Waals surface area contributed by atoms with Crippen LogP contribution in [0.1, 0.15) is 11.4 Å². The van der Waals surface area contributed by atoms with E-state index in [4.69, 9.17) is 5.73 Å². The summed E-state index contributed by atoms with van der Waals surface area (Å²) in [6, 6.07) is 3.28. The van der Waals surface area contributed by atoms with Crippen LogP contribution in [0.4, 0.5) is 5.69 Å². The van der Waals surface area contributed by atoms with Gasteiger partial charge in [-0.3, -0.25) is 10.1 Å². The number of nitrogens with two attached hydrogens (primary N) is 1.